The molecule has 1 fully saturated rings. The molecule has 1 spiro atoms. The van der Waals surface area contributed by atoms with Gasteiger partial charge in [-0.2, -0.15) is 0 Å². The van der Waals surface area contributed by atoms with Gasteiger partial charge >= 0.3 is 0 Å². The summed E-state index contributed by atoms with van der Waals surface area (Å²) in [7, 11) is 1.70. The van der Waals surface area contributed by atoms with E-state index in [1.165, 1.54) is 0 Å². The van der Waals surface area contributed by atoms with Crippen molar-refractivity contribution >= 4 is 39.8 Å². The fourth-order valence-electron chi connectivity index (χ4n) is 5.06. The monoisotopic (exact) mass is 504 g/mol. The number of fused-ring (bicyclic) bond motifs is 3. The van der Waals surface area contributed by atoms with E-state index in [1.807, 2.05) is 19.1 Å². The molecule has 3 unspecified atom stereocenters. The Labute approximate surface area is 214 Å². The number of ketones is 1. The Hall–Kier alpha value is -3.62. The van der Waals surface area contributed by atoms with E-state index in [0.29, 0.717) is 45.9 Å². The van der Waals surface area contributed by atoms with Crippen LogP contribution in [-0.4, -0.2) is 46.0 Å². The number of pyridine rings is 2. The summed E-state index contributed by atoms with van der Waals surface area (Å²) < 4.78 is 20.1. The number of aryl methyl sites for hydroxylation is 1. The number of carbonyl (C=O) groups excluding carboxylic acids is 1. The van der Waals surface area contributed by atoms with Gasteiger partial charge in [-0.05, 0) is 49.9 Å². The Bertz CT molecular complexity index is 1530. The van der Waals surface area contributed by atoms with Crippen molar-refractivity contribution in [3.8, 4) is 11.6 Å². The number of aromatic nitrogens is 3. The minimum Gasteiger partial charge on any atom is -0.439 e. The van der Waals surface area contributed by atoms with Crippen molar-refractivity contribution in [3.63, 3.8) is 0 Å². The zero-order valence-corrected chi connectivity index (χ0v) is 20.6. The van der Waals surface area contributed by atoms with Crippen molar-refractivity contribution in [3.05, 3.63) is 70.6 Å². The minimum atomic E-state index is -0.567. The highest BCUT2D eigenvalue weighted by molar-refractivity contribution is 6.36. The van der Waals surface area contributed by atoms with Crippen molar-refractivity contribution < 1.29 is 15.6 Å². The standard InChI is InChI=1S/C27H26ClN5O3/c1-15-6-8-29-22(9-15)36-16-3-4-18(20(28)10-16)25(34)19-12-30-26-23(19)24-21(13-31-26)32-14-27(33-24)7-5-17(11-27)35-2/h3-4,6,8-10,12-13,17,32-33H,5,7,11,14H2,1-2H3,(H,30,31)/i14D. The molecule has 6 rings (SSSR count). The maximum atomic E-state index is 13.7. The third kappa shape index (κ3) is 3.96. The van der Waals surface area contributed by atoms with Crippen LogP contribution in [0.4, 0.5) is 11.4 Å². The number of hydrogen-bond donors (Lipinski definition) is 3. The quantitative estimate of drug-likeness (QED) is 0.299. The predicted molar refractivity (Wildman–Crippen MR) is 140 cm³/mol. The van der Waals surface area contributed by atoms with Crippen LogP contribution in [0.2, 0.25) is 5.02 Å². The number of hydrogen-bond acceptors (Lipinski definition) is 7. The normalized spacial score (nSPS) is 23.1. The van der Waals surface area contributed by atoms with Crippen molar-refractivity contribution in [2.24, 2.45) is 0 Å². The molecule has 0 radical (unpaired) electrons. The number of ether oxygens (including phenoxy) is 2. The predicted octanol–water partition coefficient (Wildman–Crippen LogP) is 5.72. The van der Waals surface area contributed by atoms with Crippen LogP contribution in [0.1, 0.15) is 42.1 Å². The molecule has 4 aromatic rings. The number of methoxy groups -OCH3 is 1. The lowest BCUT2D eigenvalue weighted by Crippen LogP contribution is -2.46. The Morgan fingerprint density at radius 3 is 2.92 bits per heavy atom. The summed E-state index contributed by atoms with van der Waals surface area (Å²) in [6.07, 6.45) is 7.45. The van der Waals surface area contributed by atoms with Crippen LogP contribution in [0.5, 0.6) is 11.6 Å². The minimum absolute atomic E-state index is 0.0860. The molecule has 9 heteroatoms. The molecule has 0 bridgehead atoms. The van der Waals surface area contributed by atoms with E-state index in [1.54, 1.807) is 43.9 Å². The maximum absolute atomic E-state index is 13.7. The van der Waals surface area contributed by atoms with Gasteiger partial charge in [-0.3, -0.25) is 4.79 Å². The molecule has 0 saturated heterocycles. The van der Waals surface area contributed by atoms with Crippen LogP contribution in [0.15, 0.2) is 48.9 Å². The number of nitrogens with zero attached hydrogens (tertiary/aromatic N) is 2. The van der Waals surface area contributed by atoms with Crippen LogP contribution in [0.3, 0.4) is 0 Å². The van der Waals surface area contributed by atoms with Crippen LogP contribution in [0.25, 0.3) is 11.0 Å². The molecule has 1 aliphatic heterocycles. The first-order chi connectivity index (χ1) is 17.9. The lowest BCUT2D eigenvalue weighted by Gasteiger charge is -2.38. The fraction of sp³-hybridized carbons (Fsp3) is 0.296. The molecular weight excluding hydrogens is 478 g/mol. The Morgan fingerprint density at radius 1 is 1.25 bits per heavy atom. The molecule has 2 aliphatic rings. The summed E-state index contributed by atoms with van der Waals surface area (Å²) in [5.41, 5.74) is 3.35. The van der Waals surface area contributed by atoms with Crippen LogP contribution >= 0.6 is 11.6 Å². The second kappa shape index (κ2) is 8.80. The number of aromatic amines is 1. The van der Waals surface area contributed by atoms with Crippen molar-refractivity contribution in [1.82, 2.24) is 15.0 Å². The molecule has 1 saturated carbocycles. The van der Waals surface area contributed by atoms with E-state index < -0.39 is 12.1 Å². The number of anilines is 2. The molecule has 184 valence electrons. The molecule has 8 nitrogen and oxygen atoms in total. The number of benzene rings is 1. The Morgan fingerprint density at radius 2 is 2.14 bits per heavy atom. The van der Waals surface area contributed by atoms with E-state index >= 15 is 0 Å². The number of carbonyl (C=O) groups is 1. The van der Waals surface area contributed by atoms with Crippen molar-refractivity contribution in [1.29, 1.82) is 0 Å². The van der Waals surface area contributed by atoms with Gasteiger partial charge in [0.15, 0.2) is 5.78 Å². The summed E-state index contributed by atoms with van der Waals surface area (Å²) in [5, 5.41) is 7.84. The van der Waals surface area contributed by atoms with Gasteiger partial charge in [0.2, 0.25) is 5.88 Å². The van der Waals surface area contributed by atoms with Gasteiger partial charge in [0.25, 0.3) is 0 Å². The molecule has 4 heterocycles. The first-order valence-corrected chi connectivity index (χ1v) is 12.2. The first kappa shape index (κ1) is 21.6. The molecule has 1 aliphatic carbocycles. The van der Waals surface area contributed by atoms with E-state index in [4.69, 9.17) is 22.4 Å². The zero-order valence-electron chi connectivity index (χ0n) is 20.9. The highest BCUT2D eigenvalue weighted by atomic mass is 35.5. The number of H-pyrrole nitrogens is 1. The average Bonchev–Trinajstić information content (AvgIpc) is 3.50. The number of rotatable bonds is 5. The molecule has 36 heavy (non-hydrogen) atoms. The summed E-state index contributed by atoms with van der Waals surface area (Å²) >= 11 is 6.57. The van der Waals surface area contributed by atoms with Gasteiger partial charge in [-0.1, -0.05) is 11.6 Å². The molecule has 0 amide bonds. The Kier molecular flexibility index (Phi) is 5.29. The second-order valence-electron chi connectivity index (χ2n) is 9.39. The van der Waals surface area contributed by atoms with Gasteiger partial charge in [-0.15, -0.1) is 0 Å². The SMILES string of the molecule is [2H]C1Nc2cnc3[nH]cc(C(=O)c4ccc(Oc5cc(C)ccn5)cc4Cl)c3c2NC12CCC(OC)C2. The van der Waals surface area contributed by atoms with Crippen LogP contribution < -0.4 is 15.4 Å². The van der Waals surface area contributed by atoms with Gasteiger partial charge in [0.1, 0.15) is 11.4 Å². The zero-order chi connectivity index (χ0) is 25.7. The third-order valence-electron chi connectivity index (χ3n) is 6.96. The fourth-order valence-corrected chi connectivity index (χ4v) is 5.32. The molecular formula is C27H26ClN5O3. The first-order valence-electron chi connectivity index (χ1n) is 12.4. The number of nitrogens with one attached hydrogen (secondary N) is 3. The van der Waals surface area contributed by atoms with E-state index in [2.05, 4.69) is 25.6 Å². The molecule has 1 aromatic carbocycles. The van der Waals surface area contributed by atoms with Crippen LogP contribution in [-0.2, 0) is 4.74 Å². The summed E-state index contributed by atoms with van der Waals surface area (Å²) in [6, 6.07) is 8.68. The number of halogens is 1. The molecule has 3 atom stereocenters. The topological polar surface area (TPSA) is 101 Å². The van der Waals surface area contributed by atoms with E-state index in [0.717, 1.165) is 24.1 Å². The largest absolute Gasteiger partial charge is 0.439 e. The Balaban J connectivity index is 1.35. The highest BCUT2D eigenvalue weighted by Crippen LogP contribution is 2.44. The highest BCUT2D eigenvalue weighted by Gasteiger charge is 2.42. The molecule has 3 aromatic heterocycles. The smallest absolute Gasteiger partial charge is 0.219 e. The third-order valence-corrected chi connectivity index (χ3v) is 7.27. The van der Waals surface area contributed by atoms with E-state index in [-0.39, 0.29) is 16.9 Å². The molecule has 3 N–H and O–H groups in total. The van der Waals surface area contributed by atoms with E-state index in [9.17, 15) is 4.79 Å². The van der Waals surface area contributed by atoms with Gasteiger partial charge in [0.05, 0.1) is 46.6 Å². The average molecular weight is 505 g/mol. The van der Waals surface area contributed by atoms with Crippen molar-refractivity contribution in [2.45, 2.75) is 37.8 Å². The van der Waals surface area contributed by atoms with Gasteiger partial charge in [-0.25, -0.2) is 9.97 Å². The lowest BCUT2D eigenvalue weighted by molar-refractivity contribution is 0.103. The second-order valence-corrected chi connectivity index (χ2v) is 9.79. The van der Waals surface area contributed by atoms with Crippen molar-refractivity contribution in [2.75, 3.05) is 24.3 Å². The maximum Gasteiger partial charge on any atom is 0.219 e. The van der Waals surface area contributed by atoms with Gasteiger partial charge in [0, 0.05) is 43.7 Å². The van der Waals surface area contributed by atoms with Crippen LogP contribution in [0, 0.1) is 6.92 Å². The summed E-state index contributed by atoms with van der Waals surface area (Å²) in [5.74, 6) is 0.699. The summed E-state index contributed by atoms with van der Waals surface area (Å²) in [6.45, 7) is 1.39. The lowest BCUT2D eigenvalue weighted by atomic mass is 9.93. The van der Waals surface area contributed by atoms with Gasteiger partial charge < -0.3 is 25.1 Å². The summed E-state index contributed by atoms with van der Waals surface area (Å²) in [4.78, 5) is 25.5.